The van der Waals surface area contributed by atoms with E-state index in [4.69, 9.17) is 0 Å². The van der Waals surface area contributed by atoms with Crippen LogP contribution in [-0.2, 0) is 38.4 Å². The number of benzene rings is 3. The first-order chi connectivity index (χ1) is 20.5. The monoisotopic (exact) mass is 565 g/mol. The molecule has 0 radical (unpaired) electrons. The van der Waals surface area contributed by atoms with Gasteiger partial charge in [0, 0.05) is 49.5 Å². The molecule has 4 aromatic rings. The molecular formula is C33H35N5O4. The van der Waals surface area contributed by atoms with Gasteiger partial charge in [-0.2, -0.15) is 0 Å². The lowest BCUT2D eigenvalue weighted by Gasteiger charge is -2.25. The number of carbonyl (C=O) groups is 4. The minimum atomic E-state index is -0.967. The Morgan fingerprint density at radius 1 is 0.595 bits per heavy atom. The molecule has 9 heteroatoms. The van der Waals surface area contributed by atoms with Crippen LogP contribution in [0.5, 0.6) is 0 Å². The molecule has 5 N–H and O–H groups in total. The second kappa shape index (κ2) is 13.6. The summed E-state index contributed by atoms with van der Waals surface area (Å²) in [5.74, 6) is -2.16. The summed E-state index contributed by atoms with van der Waals surface area (Å²) in [4.78, 5) is 56.9. The number of para-hydroxylation sites is 1. The zero-order chi connectivity index (χ0) is 29.3. The fraction of sp³-hybridized carbons (Fsp3) is 0.273. The molecule has 1 aliphatic rings. The summed E-state index contributed by atoms with van der Waals surface area (Å²) in [5, 5.41) is 12.4. The van der Waals surface area contributed by atoms with Gasteiger partial charge in [-0.25, -0.2) is 0 Å². The quantitative estimate of drug-likeness (QED) is 0.246. The second-order valence-electron chi connectivity index (χ2n) is 10.6. The first-order valence-corrected chi connectivity index (χ1v) is 14.2. The number of aromatic nitrogens is 1. The molecule has 2 heterocycles. The smallest absolute Gasteiger partial charge is 0.243 e. The number of rotatable bonds is 6. The number of aromatic amines is 1. The standard InChI is InChI=1S/C33H35N5O4/c39-30-20-24(17-22-9-3-1-4-10-22)31(40)34-15-16-35-32(41)28(18-23-11-5-2-6-12-23)38-33(42)29(37-30)19-25-21-36-27-14-8-7-13-26(25)27/h1-14,21,24,28-29,36H,15-20H2,(H,34,40)(H,35,41)(H,37,39)(H,38,42)/t24-,28-,29-/m0/s1. The van der Waals surface area contributed by atoms with Gasteiger partial charge < -0.3 is 26.3 Å². The minimum Gasteiger partial charge on any atom is -0.361 e. The Morgan fingerprint density at radius 2 is 1.19 bits per heavy atom. The van der Waals surface area contributed by atoms with Crippen molar-refractivity contribution in [1.82, 2.24) is 26.3 Å². The molecule has 1 aliphatic heterocycles. The van der Waals surface area contributed by atoms with Crippen LogP contribution in [0.4, 0.5) is 0 Å². The van der Waals surface area contributed by atoms with Gasteiger partial charge in [0.1, 0.15) is 12.1 Å². The van der Waals surface area contributed by atoms with E-state index in [2.05, 4.69) is 26.3 Å². The van der Waals surface area contributed by atoms with Crippen LogP contribution in [0, 0.1) is 5.92 Å². The number of H-pyrrole nitrogens is 1. The van der Waals surface area contributed by atoms with E-state index in [1.807, 2.05) is 91.1 Å². The van der Waals surface area contributed by atoms with Crippen molar-refractivity contribution in [1.29, 1.82) is 0 Å². The SMILES string of the molecule is O=C1C[C@H](Cc2ccccc2)C(=O)NCCNC(=O)[C@H](Cc2ccccc2)NC(=O)[C@H](Cc2c[nH]c3ccccc23)N1. The Kier molecular flexibility index (Phi) is 9.28. The van der Waals surface area contributed by atoms with E-state index in [1.54, 1.807) is 0 Å². The van der Waals surface area contributed by atoms with Crippen molar-refractivity contribution in [2.75, 3.05) is 13.1 Å². The van der Waals surface area contributed by atoms with Gasteiger partial charge in [0.15, 0.2) is 0 Å². The summed E-state index contributed by atoms with van der Waals surface area (Å²) >= 11 is 0. The summed E-state index contributed by atoms with van der Waals surface area (Å²) in [5.41, 5.74) is 3.58. The van der Waals surface area contributed by atoms with Gasteiger partial charge in [0.2, 0.25) is 23.6 Å². The van der Waals surface area contributed by atoms with Crippen LogP contribution in [-0.4, -0.2) is 53.8 Å². The van der Waals surface area contributed by atoms with Crippen molar-refractivity contribution in [3.05, 3.63) is 108 Å². The molecule has 3 aromatic carbocycles. The number of carbonyl (C=O) groups excluding carboxylic acids is 4. The summed E-state index contributed by atoms with van der Waals surface area (Å²) in [6.07, 6.45) is 2.59. The third-order valence-corrected chi connectivity index (χ3v) is 7.52. The van der Waals surface area contributed by atoms with Crippen molar-refractivity contribution in [2.24, 2.45) is 5.92 Å². The normalized spacial score (nSPS) is 20.6. The molecule has 0 saturated carbocycles. The highest BCUT2D eigenvalue weighted by atomic mass is 16.2. The lowest BCUT2D eigenvalue weighted by Crippen LogP contribution is -2.56. The topological polar surface area (TPSA) is 132 Å². The second-order valence-corrected chi connectivity index (χ2v) is 10.6. The average molecular weight is 566 g/mol. The number of fused-ring (bicyclic) bond motifs is 1. The van der Waals surface area contributed by atoms with Crippen LogP contribution in [0.15, 0.2) is 91.1 Å². The van der Waals surface area contributed by atoms with E-state index < -0.39 is 29.8 Å². The van der Waals surface area contributed by atoms with Crippen molar-refractivity contribution < 1.29 is 19.2 Å². The van der Waals surface area contributed by atoms with E-state index in [9.17, 15) is 19.2 Å². The van der Waals surface area contributed by atoms with Gasteiger partial charge in [-0.15, -0.1) is 0 Å². The molecule has 1 saturated heterocycles. The Balaban J connectivity index is 1.42. The highest BCUT2D eigenvalue weighted by Crippen LogP contribution is 2.20. The van der Waals surface area contributed by atoms with Crippen molar-refractivity contribution >= 4 is 34.5 Å². The Hall–Kier alpha value is -4.92. The average Bonchev–Trinajstić information content (AvgIpc) is 3.41. The van der Waals surface area contributed by atoms with E-state index in [-0.39, 0.29) is 44.2 Å². The lowest BCUT2D eigenvalue weighted by molar-refractivity contribution is -0.134. The number of hydrogen-bond donors (Lipinski definition) is 5. The third-order valence-electron chi connectivity index (χ3n) is 7.52. The Morgan fingerprint density at radius 3 is 1.90 bits per heavy atom. The molecule has 1 fully saturated rings. The molecule has 9 nitrogen and oxygen atoms in total. The Bertz CT molecular complexity index is 1540. The maximum atomic E-state index is 13.8. The van der Waals surface area contributed by atoms with Gasteiger partial charge in [0.05, 0.1) is 5.92 Å². The van der Waals surface area contributed by atoms with Crippen molar-refractivity contribution in [2.45, 2.75) is 37.8 Å². The lowest BCUT2D eigenvalue weighted by atomic mass is 9.94. The van der Waals surface area contributed by atoms with E-state index in [0.29, 0.717) is 6.42 Å². The van der Waals surface area contributed by atoms with Crippen LogP contribution in [0.2, 0.25) is 0 Å². The van der Waals surface area contributed by atoms with Crippen LogP contribution >= 0.6 is 0 Å². The first kappa shape index (κ1) is 28.6. The number of hydrogen-bond acceptors (Lipinski definition) is 4. The van der Waals surface area contributed by atoms with Crippen LogP contribution in [0.3, 0.4) is 0 Å². The number of amides is 4. The van der Waals surface area contributed by atoms with Gasteiger partial charge in [-0.3, -0.25) is 19.2 Å². The van der Waals surface area contributed by atoms with Crippen LogP contribution < -0.4 is 21.3 Å². The highest BCUT2D eigenvalue weighted by molar-refractivity contribution is 5.94. The molecule has 4 amide bonds. The van der Waals surface area contributed by atoms with Crippen LogP contribution in [0.1, 0.15) is 23.1 Å². The zero-order valence-electron chi connectivity index (χ0n) is 23.3. The van der Waals surface area contributed by atoms with Gasteiger partial charge >= 0.3 is 0 Å². The molecular weight excluding hydrogens is 530 g/mol. The fourth-order valence-corrected chi connectivity index (χ4v) is 5.33. The minimum absolute atomic E-state index is 0.0851. The van der Waals surface area contributed by atoms with Crippen molar-refractivity contribution in [3.63, 3.8) is 0 Å². The molecule has 0 bridgehead atoms. The molecule has 0 unspecified atom stereocenters. The predicted octanol–water partition coefficient (Wildman–Crippen LogP) is 2.42. The van der Waals surface area contributed by atoms with Crippen molar-refractivity contribution in [3.8, 4) is 0 Å². The largest absolute Gasteiger partial charge is 0.361 e. The van der Waals surface area contributed by atoms with Gasteiger partial charge in [-0.05, 0) is 29.2 Å². The molecule has 5 rings (SSSR count). The molecule has 0 aliphatic carbocycles. The van der Waals surface area contributed by atoms with E-state index in [0.717, 1.165) is 27.6 Å². The third kappa shape index (κ3) is 7.42. The van der Waals surface area contributed by atoms with E-state index in [1.165, 1.54) is 0 Å². The number of nitrogens with one attached hydrogen (secondary N) is 5. The van der Waals surface area contributed by atoms with Gasteiger partial charge in [0.25, 0.3) is 0 Å². The summed E-state index contributed by atoms with van der Waals surface area (Å²) in [7, 11) is 0. The fourth-order valence-electron chi connectivity index (χ4n) is 5.33. The van der Waals surface area contributed by atoms with E-state index >= 15 is 0 Å². The maximum absolute atomic E-state index is 13.8. The summed E-state index contributed by atoms with van der Waals surface area (Å²) in [6.45, 7) is 0.390. The first-order valence-electron chi connectivity index (χ1n) is 14.2. The predicted molar refractivity (Wildman–Crippen MR) is 160 cm³/mol. The van der Waals surface area contributed by atoms with Crippen LogP contribution in [0.25, 0.3) is 10.9 Å². The summed E-state index contributed by atoms with van der Waals surface area (Å²) < 4.78 is 0. The zero-order valence-corrected chi connectivity index (χ0v) is 23.3. The highest BCUT2D eigenvalue weighted by Gasteiger charge is 2.30. The molecule has 42 heavy (non-hydrogen) atoms. The molecule has 216 valence electrons. The summed E-state index contributed by atoms with van der Waals surface area (Å²) in [6, 6.07) is 24.8. The molecule has 1 aromatic heterocycles. The molecule has 3 atom stereocenters. The van der Waals surface area contributed by atoms with Gasteiger partial charge in [-0.1, -0.05) is 78.9 Å². The molecule has 0 spiro atoms. The maximum Gasteiger partial charge on any atom is 0.243 e. The Labute approximate surface area is 244 Å².